The number of aromatic nitrogens is 2. The number of sulfonamides is 1. The molecule has 1 aromatic heterocycles. The molecule has 3 aromatic carbocycles. The number of benzene rings is 3. The second-order valence-corrected chi connectivity index (χ2v) is 10.1. The zero-order chi connectivity index (χ0) is 27.4. The highest BCUT2D eigenvalue weighted by Crippen LogP contribution is 2.27. The number of rotatable bonds is 9. The molecule has 1 heterocycles. The highest BCUT2D eigenvalue weighted by atomic mass is 35.5. The second-order valence-electron chi connectivity index (χ2n) is 7.97. The summed E-state index contributed by atoms with van der Waals surface area (Å²) in [5.74, 6) is -2.30. The molecule has 0 aliphatic rings. The van der Waals surface area contributed by atoms with Crippen LogP contribution in [0, 0.1) is 10.1 Å². The Kier molecular flexibility index (Phi) is 7.50. The van der Waals surface area contributed by atoms with Crippen molar-refractivity contribution in [2.24, 2.45) is 0 Å². The number of nitrogens with zero attached hydrogens (tertiary/aromatic N) is 3. The van der Waals surface area contributed by atoms with Crippen molar-refractivity contribution < 1.29 is 28.0 Å². The Hall–Kier alpha value is -4.62. The topological polar surface area (TPSA) is 181 Å². The van der Waals surface area contributed by atoms with Gasteiger partial charge < -0.3 is 10.4 Å². The number of fused-ring (bicyclic) bond motifs is 1. The number of nitro benzene ring substituents is 1. The van der Waals surface area contributed by atoms with Gasteiger partial charge >= 0.3 is 5.97 Å². The Morgan fingerprint density at radius 3 is 2.53 bits per heavy atom. The Bertz CT molecular complexity index is 1670. The molecule has 1 atom stereocenters. The van der Waals surface area contributed by atoms with Crippen LogP contribution in [0.2, 0.25) is 5.02 Å². The van der Waals surface area contributed by atoms with Crippen molar-refractivity contribution >= 4 is 55.9 Å². The fourth-order valence-corrected chi connectivity index (χ4v) is 5.06. The van der Waals surface area contributed by atoms with E-state index in [0.29, 0.717) is 11.1 Å². The van der Waals surface area contributed by atoms with E-state index in [9.17, 15) is 33.2 Å². The van der Waals surface area contributed by atoms with E-state index in [2.05, 4.69) is 20.0 Å². The Balaban J connectivity index is 1.63. The third-order valence-electron chi connectivity index (χ3n) is 5.39. The molecule has 0 saturated heterocycles. The molecule has 38 heavy (non-hydrogen) atoms. The number of carbonyl (C=O) groups excluding carboxylic acids is 1. The summed E-state index contributed by atoms with van der Waals surface area (Å²) in [6.07, 6.45) is 2.50. The largest absolute Gasteiger partial charge is 0.480 e. The maximum absolute atomic E-state index is 13.3. The number of nitro groups is 1. The number of nitrogens with one attached hydrogen (secondary N) is 2. The smallest absolute Gasteiger partial charge is 0.326 e. The molecule has 3 N–H and O–H groups in total. The lowest BCUT2D eigenvalue weighted by Crippen LogP contribution is -2.42. The van der Waals surface area contributed by atoms with E-state index in [0.717, 1.165) is 0 Å². The van der Waals surface area contributed by atoms with Gasteiger partial charge in [0.15, 0.2) is 0 Å². The summed E-state index contributed by atoms with van der Waals surface area (Å²) in [6.45, 7) is 0. The van der Waals surface area contributed by atoms with Crippen LogP contribution < -0.4 is 10.0 Å². The number of para-hydroxylation sites is 1. The maximum atomic E-state index is 13.3. The van der Waals surface area contributed by atoms with Crippen LogP contribution in [0.4, 0.5) is 11.4 Å². The zero-order valence-corrected chi connectivity index (χ0v) is 20.8. The van der Waals surface area contributed by atoms with Gasteiger partial charge in [-0.05, 0) is 35.9 Å². The van der Waals surface area contributed by atoms with Gasteiger partial charge in [0.2, 0.25) is 0 Å². The van der Waals surface area contributed by atoms with Gasteiger partial charge in [-0.15, -0.1) is 0 Å². The lowest BCUT2D eigenvalue weighted by molar-refractivity contribution is -0.384. The van der Waals surface area contributed by atoms with Crippen LogP contribution in [-0.2, 0) is 21.2 Å². The van der Waals surface area contributed by atoms with Crippen molar-refractivity contribution in [2.75, 3.05) is 4.72 Å². The van der Waals surface area contributed by atoms with Gasteiger partial charge in [-0.1, -0.05) is 29.8 Å². The molecular formula is C24H18ClN5O7S. The molecular weight excluding hydrogens is 538 g/mol. The fourth-order valence-electron chi connectivity index (χ4n) is 3.65. The van der Waals surface area contributed by atoms with Gasteiger partial charge in [0.25, 0.3) is 21.6 Å². The first-order chi connectivity index (χ1) is 18.0. The van der Waals surface area contributed by atoms with Crippen molar-refractivity contribution in [3.05, 3.63) is 99.3 Å². The number of carbonyl (C=O) groups is 2. The van der Waals surface area contributed by atoms with Crippen molar-refractivity contribution in [3.8, 4) is 0 Å². The number of anilines is 1. The number of hydrogen-bond donors (Lipinski definition) is 3. The van der Waals surface area contributed by atoms with Crippen molar-refractivity contribution in [2.45, 2.75) is 17.4 Å². The number of aliphatic carboxylic acids is 1. The third kappa shape index (κ3) is 5.85. The Morgan fingerprint density at radius 2 is 1.79 bits per heavy atom. The first-order valence-corrected chi connectivity index (χ1v) is 12.7. The monoisotopic (exact) mass is 555 g/mol. The molecule has 0 spiro atoms. The fraction of sp³-hybridized carbons (Fsp3) is 0.0833. The summed E-state index contributed by atoms with van der Waals surface area (Å²) in [5, 5.41) is 23.1. The predicted octanol–water partition coefficient (Wildman–Crippen LogP) is 3.42. The molecule has 1 amide bonds. The number of halogens is 1. The molecule has 1 unspecified atom stereocenters. The van der Waals surface area contributed by atoms with E-state index < -0.39 is 32.9 Å². The van der Waals surface area contributed by atoms with E-state index in [1.165, 1.54) is 67.0 Å². The van der Waals surface area contributed by atoms with Crippen LogP contribution in [0.3, 0.4) is 0 Å². The van der Waals surface area contributed by atoms with Crippen LogP contribution in [0.15, 0.2) is 78.0 Å². The number of carboxylic acids is 1. The lowest BCUT2D eigenvalue weighted by atomic mass is 10.0. The number of non-ortho nitro benzene ring substituents is 1. The summed E-state index contributed by atoms with van der Waals surface area (Å²) in [4.78, 5) is 43.4. The van der Waals surface area contributed by atoms with Crippen molar-refractivity contribution in [3.63, 3.8) is 0 Å². The first-order valence-electron chi connectivity index (χ1n) is 10.8. The van der Waals surface area contributed by atoms with Gasteiger partial charge in [0.05, 0.1) is 21.7 Å². The van der Waals surface area contributed by atoms with Crippen LogP contribution >= 0.6 is 11.6 Å². The number of carboxylic acid groups (broad SMARTS) is 1. The Labute approximate surface area is 220 Å². The molecule has 0 radical (unpaired) electrons. The minimum atomic E-state index is -4.29. The van der Waals surface area contributed by atoms with Crippen LogP contribution in [0.5, 0.6) is 0 Å². The van der Waals surface area contributed by atoms with Crippen molar-refractivity contribution in [1.29, 1.82) is 0 Å². The SMILES string of the molecule is O=C(NC(Cc1cccc([N+](=O)[O-])c1)C(=O)O)c1ccc(Cl)cc1NS(=O)(=O)c1cccc2nccnc12. The lowest BCUT2D eigenvalue weighted by Gasteiger charge is -2.17. The minimum absolute atomic E-state index is 0.110. The van der Waals surface area contributed by atoms with Crippen LogP contribution in [0.1, 0.15) is 15.9 Å². The molecule has 0 bridgehead atoms. The third-order valence-corrected chi connectivity index (χ3v) is 7.02. The molecule has 0 fully saturated rings. The van der Waals surface area contributed by atoms with E-state index in [4.69, 9.17) is 11.6 Å². The van der Waals surface area contributed by atoms with Gasteiger partial charge in [-0.3, -0.25) is 29.6 Å². The van der Waals surface area contributed by atoms with Crippen molar-refractivity contribution in [1.82, 2.24) is 15.3 Å². The highest BCUT2D eigenvalue weighted by Gasteiger charge is 2.26. The quantitative estimate of drug-likeness (QED) is 0.206. The number of hydrogen-bond acceptors (Lipinski definition) is 8. The molecule has 0 aliphatic heterocycles. The minimum Gasteiger partial charge on any atom is -0.480 e. The van der Waals surface area contributed by atoms with E-state index >= 15 is 0 Å². The number of amides is 1. The van der Waals surface area contributed by atoms with E-state index in [-0.39, 0.29) is 38.8 Å². The van der Waals surface area contributed by atoms with E-state index in [1.54, 1.807) is 6.07 Å². The zero-order valence-electron chi connectivity index (χ0n) is 19.2. The summed E-state index contributed by atoms with van der Waals surface area (Å²) >= 11 is 6.06. The second kappa shape index (κ2) is 10.8. The first kappa shape index (κ1) is 26.4. The Morgan fingerprint density at radius 1 is 1.05 bits per heavy atom. The van der Waals surface area contributed by atoms with Gasteiger partial charge in [-0.2, -0.15) is 0 Å². The maximum Gasteiger partial charge on any atom is 0.326 e. The molecule has 4 aromatic rings. The summed E-state index contributed by atoms with van der Waals surface area (Å²) in [6, 6.07) is 12.1. The molecule has 194 valence electrons. The standard InChI is InChI=1S/C24H18ClN5O7S/c25-15-7-8-17(23(31)28-20(24(32)33)12-14-3-1-4-16(11-14)30(34)35)19(13-15)29-38(36,37)21-6-2-5-18-22(21)27-10-9-26-18/h1-11,13,20,29H,12H2,(H,28,31)(H,32,33). The van der Waals surface area contributed by atoms with E-state index in [1.807, 2.05) is 0 Å². The predicted molar refractivity (Wildman–Crippen MR) is 137 cm³/mol. The molecule has 12 nitrogen and oxygen atoms in total. The van der Waals surface area contributed by atoms with Gasteiger partial charge in [0.1, 0.15) is 16.5 Å². The van der Waals surface area contributed by atoms with Crippen LogP contribution in [-0.4, -0.2) is 46.3 Å². The molecule has 0 aliphatic carbocycles. The average molecular weight is 556 g/mol. The summed E-state index contributed by atoms with van der Waals surface area (Å²) in [7, 11) is -4.29. The molecule has 14 heteroatoms. The van der Waals surface area contributed by atoms with Gasteiger partial charge in [-0.25, -0.2) is 13.2 Å². The molecule has 4 rings (SSSR count). The molecule has 0 saturated carbocycles. The summed E-state index contributed by atoms with van der Waals surface area (Å²) in [5.41, 5.74) is 0.125. The normalized spacial score (nSPS) is 12.0. The van der Waals surface area contributed by atoms with Gasteiger partial charge in [0, 0.05) is 36.0 Å². The highest BCUT2D eigenvalue weighted by molar-refractivity contribution is 7.93. The van der Waals surface area contributed by atoms with Crippen LogP contribution in [0.25, 0.3) is 11.0 Å². The average Bonchev–Trinajstić information content (AvgIpc) is 2.87. The summed E-state index contributed by atoms with van der Waals surface area (Å²) < 4.78 is 28.8.